The van der Waals surface area contributed by atoms with E-state index < -0.39 is 0 Å². The van der Waals surface area contributed by atoms with E-state index in [2.05, 4.69) is 43.7 Å². The molecule has 0 aliphatic carbocycles. The fourth-order valence-corrected chi connectivity index (χ4v) is 4.70. The summed E-state index contributed by atoms with van der Waals surface area (Å²) >= 11 is 0. The maximum absolute atomic E-state index is 2.35. The summed E-state index contributed by atoms with van der Waals surface area (Å²) in [5.41, 5.74) is 3.03. The fourth-order valence-electron chi connectivity index (χ4n) is 3.84. The predicted octanol–water partition coefficient (Wildman–Crippen LogP) is 8.48. The summed E-state index contributed by atoms with van der Waals surface area (Å²) in [7, 11) is 0.511. The first kappa shape index (κ1) is 24.6. The predicted molar refractivity (Wildman–Crippen MR) is 128 cm³/mol. The van der Waals surface area contributed by atoms with Crippen LogP contribution in [-0.4, -0.2) is 12.5 Å². The summed E-state index contributed by atoms with van der Waals surface area (Å²) in [6.07, 6.45) is 27.6. The molecule has 0 N–H and O–H groups in total. The molecular weight excluding hydrogens is 344 g/mol. The number of benzene rings is 1. The molecule has 0 aromatic heterocycles. The smallest absolute Gasteiger partial charge is 0.0654 e. The van der Waals surface area contributed by atoms with Gasteiger partial charge in [-0.05, 0) is 29.3 Å². The van der Waals surface area contributed by atoms with Crippen LogP contribution in [0.5, 0.6) is 0 Å². The van der Waals surface area contributed by atoms with E-state index in [1.165, 1.54) is 120 Å². The van der Waals surface area contributed by atoms with E-state index in [9.17, 15) is 0 Å². The van der Waals surface area contributed by atoms with Gasteiger partial charge in [-0.3, -0.25) is 0 Å². The molecule has 0 amide bonds. The first-order chi connectivity index (χ1) is 13.2. The summed E-state index contributed by atoms with van der Waals surface area (Å²) < 4.78 is 0. The van der Waals surface area contributed by atoms with Crippen LogP contribution in [0, 0.1) is 0 Å². The van der Waals surface area contributed by atoms with E-state index in [4.69, 9.17) is 0 Å². The van der Waals surface area contributed by atoms with Gasteiger partial charge in [0.15, 0.2) is 0 Å². The van der Waals surface area contributed by atoms with E-state index in [1.807, 2.05) is 0 Å². The second kappa shape index (κ2) is 17.7. The fraction of sp³-hybridized carbons (Fsp3) is 0.769. The lowest BCUT2D eigenvalue weighted by Gasteiger charge is -2.05. The molecule has 0 unspecified atom stereocenters. The first-order valence-corrected chi connectivity index (χ1v) is 14.1. The van der Waals surface area contributed by atoms with Gasteiger partial charge in [-0.1, -0.05) is 121 Å². The van der Waals surface area contributed by atoms with Crippen molar-refractivity contribution in [2.45, 2.75) is 115 Å². The first-order valence-electron chi connectivity index (χ1n) is 11.8. The highest BCUT2D eigenvalue weighted by molar-refractivity contribution is 7.94. The van der Waals surface area contributed by atoms with Crippen LogP contribution in [0.3, 0.4) is 0 Å². The molecule has 1 rings (SSSR count). The lowest BCUT2D eigenvalue weighted by atomic mass is 10.0. The largest absolute Gasteiger partial charge is 0.132 e. The summed E-state index contributed by atoms with van der Waals surface area (Å²) in [6.45, 7) is 2.30. The molecule has 0 fully saturated rings. The Balaban J connectivity index is 1.84. The van der Waals surface area contributed by atoms with E-state index in [-0.39, 0.29) is 0 Å². The minimum absolute atomic E-state index is 0.511. The van der Waals surface area contributed by atoms with Crippen LogP contribution in [0.4, 0.5) is 0 Å². The molecule has 0 aliphatic heterocycles. The lowest BCUT2D eigenvalue weighted by molar-refractivity contribution is 0.532. The summed E-state index contributed by atoms with van der Waals surface area (Å²) in [6, 6.07) is 9.39. The molecule has 0 nitrogen and oxygen atoms in total. The van der Waals surface area contributed by atoms with Gasteiger partial charge in [0.25, 0.3) is 0 Å². The molecule has 156 valence electrons. The van der Waals surface area contributed by atoms with Gasteiger partial charge in [-0.2, -0.15) is 0 Å². The number of hydrogen-bond acceptors (Lipinski definition) is 0. The maximum Gasteiger partial charge on any atom is 0.132 e. The second-order valence-electron chi connectivity index (χ2n) is 8.65. The highest BCUT2D eigenvalue weighted by Gasteiger charge is 2.04. The van der Waals surface area contributed by atoms with Crippen LogP contribution >= 0.6 is 0 Å². The Morgan fingerprint density at radius 2 is 0.889 bits per heavy atom. The minimum Gasteiger partial charge on any atom is -0.0654 e. The van der Waals surface area contributed by atoms with Crippen molar-refractivity contribution in [3.8, 4) is 0 Å². The van der Waals surface area contributed by atoms with Crippen LogP contribution in [0.25, 0.3) is 0 Å². The van der Waals surface area contributed by atoms with Crippen LogP contribution in [0.1, 0.15) is 114 Å². The quantitative estimate of drug-likeness (QED) is 0.174. The van der Waals surface area contributed by atoms with Gasteiger partial charge in [0.1, 0.15) is 5.75 Å². The number of hydrogen-bond donors (Lipinski definition) is 0. The highest BCUT2D eigenvalue weighted by Crippen LogP contribution is 2.15. The van der Waals surface area contributed by atoms with Crippen molar-refractivity contribution < 1.29 is 0 Å². The Hall–Kier alpha value is -0.430. The van der Waals surface area contributed by atoms with Crippen LogP contribution < -0.4 is 0 Å². The van der Waals surface area contributed by atoms with Crippen molar-refractivity contribution in [3.63, 3.8) is 0 Å². The zero-order valence-electron chi connectivity index (χ0n) is 18.7. The molecule has 0 saturated heterocycles. The SMILES string of the molecule is CCCCCCCCCCCCCCCCCc1ccc(C[S+](C)C)cc1. The number of aryl methyl sites for hydroxylation is 1. The van der Waals surface area contributed by atoms with E-state index in [0.717, 1.165) is 0 Å². The van der Waals surface area contributed by atoms with Gasteiger partial charge >= 0.3 is 0 Å². The molecule has 0 bridgehead atoms. The molecule has 0 aliphatic rings. The molecule has 0 atom stereocenters. The topological polar surface area (TPSA) is 0 Å². The van der Waals surface area contributed by atoms with Crippen molar-refractivity contribution in [2.24, 2.45) is 0 Å². The Bertz CT molecular complexity index is 420. The Morgan fingerprint density at radius 3 is 1.30 bits per heavy atom. The van der Waals surface area contributed by atoms with Crippen LogP contribution in [-0.2, 0) is 23.1 Å². The van der Waals surface area contributed by atoms with E-state index in [0.29, 0.717) is 10.9 Å². The summed E-state index contributed by atoms with van der Waals surface area (Å²) in [4.78, 5) is 0. The van der Waals surface area contributed by atoms with Crippen molar-refractivity contribution >= 4 is 10.9 Å². The molecule has 0 radical (unpaired) electrons. The monoisotopic (exact) mass is 391 g/mol. The average Bonchev–Trinajstić information content (AvgIpc) is 2.66. The number of unbranched alkanes of at least 4 members (excludes halogenated alkanes) is 14. The Labute approximate surface area is 174 Å². The van der Waals surface area contributed by atoms with Crippen molar-refractivity contribution in [1.82, 2.24) is 0 Å². The van der Waals surface area contributed by atoms with Gasteiger partial charge in [0, 0.05) is 5.56 Å². The second-order valence-corrected chi connectivity index (χ2v) is 10.9. The Kier molecular flexibility index (Phi) is 16.1. The molecule has 27 heavy (non-hydrogen) atoms. The molecule has 1 aromatic carbocycles. The lowest BCUT2D eigenvalue weighted by Crippen LogP contribution is -1.99. The van der Waals surface area contributed by atoms with Gasteiger partial charge in [-0.15, -0.1) is 0 Å². The third-order valence-corrected chi connectivity index (χ3v) is 6.46. The van der Waals surface area contributed by atoms with Crippen molar-refractivity contribution in [1.29, 1.82) is 0 Å². The molecular formula is C26H47S+. The zero-order valence-corrected chi connectivity index (χ0v) is 19.6. The minimum atomic E-state index is 0.511. The Morgan fingerprint density at radius 1 is 0.519 bits per heavy atom. The highest BCUT2D eigenvalue weighted by atomic mass is 32.2. The summed E-state index contributed by atoms with van der Waals surface area (Å²) in [5.74, 6) is 1.24. The van der Waals surface area contributed by atoms with Gasteiger partial charge in [-0.25, -0.2) is 0 Å². The molecule has 0 spiro atoms. The standard InChI is InChI=1S/C26H47S/c1-4-5-6-7-8-9-10-11-12-13-14-15-16-17-18-19-25-20-22-26(23-21-25)24-27(2)3/h20-23H,4-19,24H2,1-3H3/q+1. The summed E-state index contributed by atoms with van der Waals surface area (Å²) in [5, 5.41) is 0. The van der Waals surface area contributed by atoms with Gasteiger partial charge < -0.3 is 0 Å². The zero-order chi connectivity index (χ0) is 19.6. The van der Waals surface area contributed by atoms with Gasteiger partial charge in [0.05, 0.1) is 12.5 Å². The number of rotatable bonds is 18. The van der Waals surface area contributed by atoms with Crippen LogP contribution in [0.2, 0.25) is 0 Å². The molecule has 1 heteroatoms. The van der Waals surface area contributed by atoms with Gasteiger partial charge in [0.2, 0.25) is 0 Å². The molecule has 0 heterocycles. The van der Waals surface area contributed by atoms with Crippen molar-refractivity contribution in [3.05, 3.63) is 35.4 Å². The maximum atomic E-state index is 2.35. The van der Waals surface area contributed by atoms with E-state index in [1.54, 1.807) is 0 Å². The van der Waals surface area contributed by atoms with E-state index >= 15 is 0 Å². The molecule has 1 aromatic rings. The average molecular weight is 392 g/mol. The normalized spacial score (nSPS) is 11.4. The third kappa shape index (κ3) is 15.2. The third-order valence-electron chi connectivity index (χ3n) is 5.55. The van der Waals surface area contributed by atoms with Crippen LogP contribution in [0.15, 0.2) is 24.3 Å². The van der Waals surface area contributed by atoms with Crippen molar-refractivity contribution in [2.75, 3.05) is 12.5 Å². The molecule has 0 saturated carbocycles.